The second-order valence-corrected chi connectivity index (χ2v) is 7.14. The predicted molar refractivity (Wildman–Crippen MR) is 112 cm³/mol. The van der Waals surface area contributed by atoms with Crippen LogP contribution in [0.3, 0.4) is 0 Å². The second-order valence-electron chi connectivity index (χ2n) is 7.14. The summed E-state index contributed by atoms with van der Waals surface area (Å²) in [6.45, 7) is 1.44. The first-order valence-corrected chi connectivity index (χ1v) is 9.36. The van der Waals surface area contributed by atoms with Crippen molar-refractivity contribution in [1.29, 1.82) is 0 Å². The highest BCUT2D eigenvalue weighted by Gasteiger charge is 2.19. The van der Waals surface area contributed by atoms with Crippen LogP contribution in [0.2, 0.25) is 0 Å². The lowest BCUT2D eigenvalue weighted by Crippen LogP contribution is -2.12. The Bertz CT molecular complexity index is 1290. The maximum Gasteiger partial charge on any atom is 0.259 e. The molecule has 2 amide bonds. The highest BCUT2D eigenvalue weighted by molar-refractivity contribution is 6.09. The molecule has 0 atom stereocenters. The van der Waals surface area contributed by atoms with Gasteiger partial charge in [-0.2, -0.15) is 5.10 Å². The average Bonchev–Trinajstić information content (AvgIpc) is 3.28. The SMILES string of the molecule is CC(=O)Nc1ccn2ncc(C(=O)Nc3ccc4c(c3)Cc3ccccc3-4)c2c1. The summed E-state index contributed by atoms with van der Waals surface area (Å²) in [7, 11) is 0. The number of amides is 2. The zero-order valence-electron chi connectivity index (χ0n) is 15.8. The number of carbonyl (C=O) groups excluding carboxylic acids is 2. The number of hydrogen-bond donors (Lipinski definition) is 2. The van der Waals surface area contributed by atoms with E-state index < -0.39 is 0 Å². The van der Waals surface area contributed by atoms with Gasteiger partial charge in [0.25, 0.3) is 5.91 Å². The maximum absolute atomic E-state index is 12.9. The van der Waals surface area contributed by atoms with Crippen molar-refractivity contribution in [3.8, 4) is 11.1 Å². The third-order valence-corrected chi connectivity index (χ3v) is 5.14. The zero-order chi connectivity index (χ0) is 20.0. The number of nitrogens with zero attached hydrogens (tertiary/aromatic N) is 2. The molecule has 29 heavy (non-hydrogen) atoms. The molecule has 0 saturated carbocycles. The Labute approximate surface area is 167 Å². The number of carbonyl (C=O) groups is 2. The number of rotatable bonds is 3. The Hall–Kier alpha value is -3.93. The molecule has 6 nitrogen and oxygen atoms in total. The van der Waals surface area contributed by atoms with Gasteiger partial charge >= 0.3 is 0 Å². The smallest absolute Gasteiger partial charge is 0.259 e. The normalized spacial score (nSPS) is 11.8. The lowest BCUT2D eigenvalue weighted by atomic mass is 10.1. The van der Waals surface area contributed by atoms with E-state index in [0.29, 0.717) is 16.8 Å². The molecule has 4 aromatic rings. The topological polar surface area (TPSA) is 75.5 Å². The molecule has 0 unspecified atom stereocenters. The van der Waals surface area contributed by atoms with Gasteiger partial charge < -0.3 is 10.6 Å². The van der Waals surface area contributed by atoms with Crippen LogP contribution in [-0.2, 0) is 11.2 Å². The molecule has 1 aliphatic rings. The van der Waals surface area contributed by atoms with Gasteiger partial charge in [-0.1, -0.05) is 30.3 Å². The summed E-state index contributed by atoms with van der Waals surface area (Å²) < 4.78 is 1.61. The fraction of sp³-hybridized carbons (Fsp3) is 0.0870. The molecule has 142 valence electrons. The summed E-state index contributed by atoms with van der Waals surface area (Å²) in [5.41, 5.74) is 7.43. The van der Waals surface area contributed by atoms with E-state index in [0.717, 1.165) is 12.1 Å². The van der Waals surface area contributed by atoms with Crippen LogP contribution in [0.1, 0.15) is 28.4 Å². The van der Waals surface area contributed by atoms with Crippen LogP contribution >= 0.6 is 0 Å². The molecule has 6 heteroatoms. The van der Waals surface area contributed by atoms with E-state index in [1.54, 1.807) is 22.8 Å². The van der Waals surface area contributed by atoms with E-state index >= 15 is 0 Å². The molecule has 2 N–H and O–H groups in total. The van der Waals surface area contributed by atoms with Crippen molar-refractivity contribution < 1.29 is 9.59 Å². The number of pyridine rings is 1. The predicted octanol–water partition coefficient (Wildman–Crippen LogP) is 4.12. The number of fused-ring (bicyclic) bond motifs is 4. The minimum absolute atomic E-state index is 0.168. The Kier molecular flexibility index (Phi) is 3.91. The van der Waals surface area contributed by atoms with Crippen LogP contribution in [0, 0.1) is 0 Å². The molecule has 2 aromatic carbocycles. The van der Waals surface area contributed by atoms with E-state index in [2.05, 4.69) is 33.9 Å². The lowest BCUT2D eigenvalue weighted by molar-refractivity contribution is -0.114. The van der Waals surface area contributed by atoms with Gasteiger partial charge in [0.05, 0.1) is 17.3 Å². The van der Waals surface area contributed by atoms with Gasteiger partial charge in [-0.15, -0.1) is 0 Å². The van der Waals surface area contributed by atoms with Crippen molar-refractivity contribution in [3.63, 3.8) is 0 Å². The van der Waals surface area contributed by atoms with Gasteiger partial charge in [-0.25, -0.2) is 4.52 Å². The van der Waals surface area contributed by atoms with Crippen LogP contribution in [-0.4, -0.2) is 21.4 Å². The van der Waals surface area contributed by atoms with Crippen molar-refractivity contribution in [1.82, 2.24) is 9.61 Å². The van der Waals surface area contributed by atoms with Gasteiger partial charge in [0.2, 0.25) is 5.91 Å². The Balaban J connectivity index is 1.42. The van der Waals surface area contributed by atoms with Crippen LogP contribution in [0.5, 0.6) is 0 Å². The third kappa shape index (κ3) is 3.04. The maximum atomic E-state index is 12.9. The number of benzene rings is 2. The van der Waals surface area contributed by atoms with Gasteiger partial charge in [-0.3, -0.25) is 9.59 Å². The van der Waals surface area contributed by atoms with E-state index in [-0.39, 0.29) is 11.8 Å². The summed E-state index contributed by atoms with van der Waals surface area (Å²) in [6.07, 6.45) is 4.11. The van der Waals surface area contributed by atoms with E-state index in [1.807, 2.05) is 24.3 Å². The van der Waals surface area contributed by atoms with Crippen LogP contribution in [0.25, 0.3) is 16.6 Å². The minimum atomic E-state index is -0.240. The monoisotopic (exact) mass is 382 g/mol. The number of nitrogens with one attached hydrogen (secondary N) is 2. The fourth-order valence-electron chi connectivity index (χ4n) is 3.86. The van der Waals surface area contributed by atoms with Crippen molar-refractivity contribution in [3.05, 3.63) is 83.7 Å². The molecule has 2 heterocycles. The molecule has 0 fully saturated rings. The second kappa shape index (κ2) is 6.60. The first kappa shape index (κ1) is 17.2. The quantitative estimate of drug-likeness (QED) is 0.493. The highest BCUT2D eigenvalue weighted by Crippen LogP contribution is 2.37. The third-order valence-electron chi connectivity index (χ3n) is 5.14. The summed E-state index contributed by atoms with van der Waals surface area (Å²) in [6, 6.07) is 17.8. The van der Waals surface area contributed by atoms with Gasteiger partial charge in [0.15, 0.2) is 0 Å². The van der Waals surface area contributed by atoms with Gasteiger partial charge in [0, 0.05) is 24.5 Å². The van der Waals surface area contributed by atoms with E-state index in [9.17, 15) is 9.59 Å². The average molecular weight is 382 g/mol. The Morgan fingerprint density at radius 1 is 0.931 bits per heavy atom. The fourth-order valence-corrected chi connectivity index (χ4v) is 3.86. The standard InChI is InChI=1S/C23H18N4O2/c1-14(28)25-18-8-9-27-22(12-18)21(13-24-27)23(29)26-17-6-7-20-16(11-17)10-15-4-2-3-5-19(15)20/h2-9,11-13H,10H2,1H3,(H,25,28)(H,26,29). The molecule has 2 aromatic heterocycles. The van der Waals surface area contributed by atoms with E-state index in [4.69, 9.17) is 0 Å². The number of hydrogen-bond acceptors (Lipinski definition) is 3. The Morgan fingerprint density at radius 2 is 1.72 bits per heavy atom. The lowest BCUT2D eigenvalue weighted by Gasteiger charge is -2.08. The molecule has 0 spiro atoms. The van der Waals surface area contributed by atoms with Gasteiger partial charge in [0.1, 0.15) is 0 Å². The summed E-state index contributed by atoms with van der Waals surface area (Å²) in [5.74, 6) is -0.408. The van der Waals surface area contributed by atoms with Crippen molar-refractivity contribution in [2.24, 2.45) is 0 Å². The molecule has 1 aliphatic carbocycles. The van der Waals surface area contributed by atoms with Crippen molar-refractivity contribution >= 4 is 28.7 Å². The molecular formula is C23H18N4O2. The van der Waals surface area contributed by atoms with Crippen molar-refractivity contribution in [2.45, 2.75) is 13.3 Å². The van der Waals surface area contributed by atoms with Crippen molar-refractivity contribution in [2.75, 3.05) is 10.6 Å². The molecule has 0 aliphatic heterocycles. The zero-order valence-corrected chi connectivity index (χ0v) is 15.8. The number of anilines is 2. The minimum Gasteiger partial charge on any atom is -0.326 e. The first-order chi connectivity index (χ1) is 14.1. The molecule has 5 rings (SSSR count). The van der Waals surface area contributed by atoms with Crippen LogP contribution in [0.4, 0.5) is 11.4 Å². The van der Waals surface area contributed by atoms with Crippen LogP contribution in [0.15, 0.2) is 67.0 Å². The summed E-state index contributed by atoms with van der Waals surface area (Å²) >= 11 is 0. The first-order valence-electron chi connectivity index (χ1n) is 9.36. The number of aromatic nitrogens is 2. The Morgan fingerprint density at radius 3 is 2.59 bits per heavy atom. The molecular weight excluding hydrogens is 364 g/mol. The highest BCUT2D eigenvalue weighted by atomic mass is 16.2. The van der Waals surface area contributed by atoms with Crippen LogP contribution < -0.4 is 10.6 Å². The molecule has 0 radical (unpaired) electrons. The van der Waals surface area contributed by atoms with E-state index in [1.165, 1.54) is 35.4 Å². The largest absolute Gasteiger partial charge is 0.326 e. The van der Waals surface area contributed by atoms with Gasteiger partial charge in [-0.05, 0) is 52.9 Å². The molecule has 0 bridgehead atoms. The molecule has 0 saturated heterocycles. The summed E-state index contributed by atoms with van der Waals surface area (Å²) in [4.78, 5) is 24.2. The summed E-state index contributed by atoms with van der Waals surface area (Å²) in [5, 5.41) is 9.93.